The summed E-state index contributed by atoms with van der Waals surface area (Å²) in [4.78, 5) is 12.9. The fourth-order valence-corrected chi connectivity index (χ4v) is 3.34. The van der Waals surface area contributed by atoms with E-state index < -0.39 is 5.97 Å². The zero-order valence-corrected chi connectivity index (χ0v) is 12.9. The van der Waals surface area contributed by atoms with Gasteiger partial charge in [0.05, 0.1) is 5.75 Å². The lowest BCUT2D eigenvalue weighted by molar-refractivity contribution is -0.133. The van der Waals surface area contributed by atoms with Crippen molar-refractivity contribution in [1.29, 1.82) is 0 Å². The average molecular weight is 312 g/mol. The highest BCUT2D eigenvalue weighted by Crippen LogP contribution is 2.41. The Morgan fingerprint density at radius 1 is 1.38 bits per heavy atom. The summed E-state index contributed by atoms with van der Waals surface area (Å²) >= 11 is 1.25. The second-order valence-electron chi connectivity index (χ2n) is 5.52. The van der Waals surface area contributed by atoms with E-state index in [0.717, 1.165) is 44.8 Å². The molecule has 0 atom stereocenters. The van der Waals surface area contributed by atoms with Crippen molar-refractivity contribution in [2.45, 2.75) is 42.9 Å². The lowest BCUT2D eigenvalue weighted by atomic mass is 10.1. The molecule has 0 bridgehead atoms. The van der Waals surface area contributed by atoms with Gasteiger partial charge in [-0.3, -0.25) is 9.36 Å². The van der Waals surface area contributed by atoms with E-state index in [9.17, 15) is 4.79 Å². The second kappa shape index (κ2) is 6.23. The molecule has 2 fully saturated rings. The van der Waals surface area contributed by atoms with Crippen molar-refractivity contribution < 1.29 is 14.6 Å². The van der Waals surface area contributed by atoms with E-state index in [1.165, 1.54) is 11.8 Å². The van der Waals surface area contributed by atoms with Crippen LogP contribution in [0, 0.1) is 0 Å². The van der Waals surface area contributed by atoms with Crippen LogP contribution in [0.25, 0.3) is 0 Å². The normalized spacial score (nSPS) is 19.7. The molecule has 1 N–H and O–H groups in total. The quantitative estimate of drug-likeness (QED) is 0.795. The molecule has 1 saturated carbocycles. The maximum atomic E-state index is 10.8. The summed E-state index contributed by atoms with van der Waals surface area (Å²) in [5.41, 5.74) is 0. The van der Waals surface area contributed by atoms with Crippen LogP contribution in [0.15, 0.2) is 5.16 Å². The third kappa shape index (κ3) is 3.32. The molecular formula is C13H20N4O3S. The molecule has 1 saturated heterocycles. The van der Waals surface area contributed by atoms with Crippen LogP contribution in [0.2, 0.25) is 0 Å². The van der Waals surface area contributed by atoms with Gasteiger partial charge in [-0.05, 0) is 25.7 Å². The Kier molecular flexibility index (Phi) is 4.34. The zero-order chi connectivity index (χ0) is 14.8. The number of carbonyl (C=O) groups is 1. The summed E-state index contributed by atoms with van der Waals surface area (Å²) in [6, 6.07) is 0.839. The summed E-state index contributed by atoms with van der Waals surface area (Å²) in [5, 5.41) is 18.1. The van der Waals surface area contributed by atoms with E-state index in [-0.39, 0.29) is 5.75 Å². The molecule has 0 spiro atoms. The first-order chi connectivity index (χ1) is 10.2. The monoisotopic (exact) mass is 312 g/mol. The molecule has 116 valence electrons. The summed E-state index contributed by atoms with van der Waals surface area (Å²) < 4.78 is 7.52. The number of carboxylic acid groups (broad SMARTS) is 1. The fraction of sp³-hybridized carbons (Fsp3) is 0.769. The molecule has 2 aliphatic rings. The number of aromatic nitrogens is 3. The highest BCUT2D eigenvalue weighted by atomic mass is 32.2. The molecule has 1 aliphatic heterocycles. The SMILES string of the molecule is CN(c1nnc(SCC(=O)O)n1C1CC1)C1CCOCC1. The summed E-state index contributed by atoms with van der Waals surface area (Å²) in [5.74, 6) is 0.0493. The number of anilines is 1. The Bertz CT molecular complexity index is 512. The molecule has 0 amide bonds. The largest absolute Gasteiger partial charge is 0.481 e. The predicted molar refractivity (Wildman–Crippen MR) is 78.9 cm³/mol. The van der Waals surface area contributed by atoms with Crippen LogP contribution >= 0.6 is 11.8 Å². The summed E-state index contributed by atoms with van der Waals surface area (Å²) in [7, 11) is 2.05. The van der Waals surface area contributed by atoms with Crippen molar-refractivity contribution >= 4 is 23.7 Å². The maximum Gasteiger partial charge on any atom is 0.313 e. The summed E-state index contributed by atoms with van der Waals surface area (Å²) in [6.45, 7) is 1.57. The number of nitrogens with zero attached hydrogens (tertiary/aromatic N) is 4. The molecule has 0 unspecified atom stereocenters. The van der Waals surface area contributed by atoms with Gasteiger partial charge in [0.1, 0.15) is 0 Å². The first-order valence-corrected chi connectivity index (χ1v) is 8.25. The third-order valence-corrected chi connectivity index (χ3v) is 4.87. The Labute approximate surface area is 127 Å². The number of carboxylic acids is 1. The summed E-state index contributed by atoms with van der Waals surface area (Å²) in [6.07, 6.45) is 4.22. The lowest BCUT2D eigenvalue weighted by Crippen LogP contribution is -2.38. The maximum absolute atomic E-state index is 10.8. The number of rotatable bonds is 6. The second-order valence-corrected chi connectivity index (χ2v) is 6.46. The molecule has 2 heterocycles. The van der Waals surface area contributed by atoms with Gasteiger partial charge in [-0.2, -0.15) is 0 Å². The van der Waals surface area contributed by atoms with E-state index in [1.807, 2.05) is 7.05 Å². The number of thioether (sulfide) groups is 1. The average Bonchev–Trinajstić information content (AvgIpc) is 3.25. The van der Waals surface area contributed by atoms with E-state index in [0.29, 0.717) is 17.2 Å². The van der Waals surface area contributed by atoms with Crippen molar-refractivity contribution in [3.63, 3.8) is 0 Å². The van der Waals surface area contributed by atoms with E-state index in [4.69, 9.17) is 9.84 Å². The van der Waals surface area contributed by atoms with Crippen LogP contribution in [0.1, 0.15) is 31.7 Å². The van der Waals surface area contributed by atoms with Crippen LogP contribution in [-0.2, 0) is 9.53 Å². The molecule has 21 heavy (non-hydrogen) atoms. The van der Waals surface area contributed by atoms with Gasteiger partial charge in [0.25, 0.3) is 0 Å². The highest BCUT2D eigenvalue weighted by Gasteiger charge is 2.33. The van der Waals surface area contributed by atoms with Gasteiger partial charge in [-0.15, -0.1) is 10.2 Å². The molecule has 7 nitrogen and oxygen atoms in total. The van der Waals surface area contributed by atoms with Gasteiger partial charge in [0, 0.05) is 32.3 Å². The molecule has 3 rings (SSSR count). The number of ether oxygens (including phenoxy) is 1. The molecule has 1 aliphatic carbocycles. The van der Waals surface area contributed by atoms with E-state index in [2.05, 4.69) is 19.7 Å². The predicted octanol–water partition coefficient (Wildman–Crippen LogP) is 1.40. The smallest absolute Gasteiger partial charge is 0.313 e. The Morgan fingerprint density at radius 2 is 2.10 bits per heavy atom. The Balaban J connectivity index is 1.78. The van der Waals surface area contributed by atoms with Crippen LogP contribution in [0.3, 0.4) is 0 Å². The minimum atomic E-state index is -0.829. The van der Waals surface area contributed by atoms with Crippen molar-refractivity contribution in [1.82, 2.24) is 14.8 Å². The minimum Gasteiger partial charge on any atom is -0.481 e. The molecule has 1 aromatic heterocycles. The third-order valence-electron chi connectivity index (χ3n) is 3.94. The van der Waals surface area contributed by atoms with Crippen molar-refractivity contribution in [3.05, 3.63) is 0 Å². The first-order valence-electron chi connectivity index (χ1n) is 7.27. The molecular weight excluding hydrogens is 292 g/mol. The van der Waals surface area contributed by atoms with Crippen LogP contribution in [0.5, 0.6) is 0 Å². The van der Waals surface area contributed by atoms with Crippen molar-refractivity contribution in [2.75, 3.05) is 30.9 Å². The molecule has 1 aromatic rings. The lowest BCUT2D eigenvalue weighted by Gasteiger charge is -2.32. The fourth-order valence-electron chi connectivity index (χ4n) is 2.62. The molecule has 0 aromatic carbocycles. The van der Waals surface area contributed by atoms with E-state index in [1.54, 1.807) is 0 Å². The van der Waals surface area contributed by atoms with Gasteiger partial charge in [0.2, 0.25) is 5.95 Å². The molecule has 0 radical (unpaired) electrons. The van der Waals surface area contributed by atoms with Crippen molar-refractivity contribution in [3.8, 4) is 0 Å². The van der Waals surface area contributed by atoms with Crippen LogP contribution in [0.4, 0.5) is 5.95 Å². The Morgan fingerprint density at radius 3 is 2.71 bits per heavy atom. The van der Waals surface area contributed by atoms with E-state index >= 15 is 0 Å². The standard InChI is InChI=1S/C13H20N4O3S/c1-16(9-4-6-20-7-5-9)12-14-15-13(21-8-11(18)19)17(12)10-2-3-10/h9-10H,2-8H2,1H3,(H,18,19). The van der Waals surface area contributed by atoms with Gasteiger partial charge in [-0.25, -0.2) is 0 Å². The van der Waals surface area contributed by atoms with Gasteiger partial charge < -0.3 is 14.7 Å². The van der Waals surface area contributed by atoms with Crippen LogP contribution in [-0.4, -0.2) is 57.9 Å². The van der Waals surface area contributed by atoms with Crippen molar-refractivity contribution in [2.24, 2.45) is 0 Å². The topological polar surface area (TPSA) is 80.5 Å². The van der Waals surface area contributed by atoms with Crippen LogP contribution < -0.4 is 4.90 Å². The Hall–Kier alpha value is -1.28. The highest BCUT2D eigenvalue weighted by molar-refractivity contribution is 7.99. The number of hydrogen-bond donors (Lipinski definition) is 1. The first kappa shape index (κ1) is 14.6. The number of aliphatic carboxylic acids is 1. The minimum absolute atomic E-state index is 0.0197. The zero-order valence-electron chi connectivity index (χ0n) is 12.1. The van der Waals surface area contributed by atoms with Gasteiger partial charge in [0.15, 0.2) is 5.16 Å². The number of hydrogen-bond acceptors (Lipinski definition) is 6. The van der Waals surface area contributed by atoms with Gasteiger partial charge >= 0.3 is 5.97 Å². The molecule has 8 heteroatoms. The van der Waals surface area contributed by atoms with Gasteiger partial charge in [-0.1, -0.05) is 11.8 Å².